The fourth-order valence-electron chi connectivity index (χ4n) is 7.45. The Labute approximate surface area is 245 Å². The number of carbonyl (C=O) groups is 5. The van der Waals surface area contributed by atoms with E-state index in [-0.39, 0.29) is 18.8 Å². The number of rotatable bonds is 5. The van der Waals surface area contributed by atoms with Gasteiger partial charge in [0.25, 0.3) is 0 Å². The lowest BCUT2D eigenvalue weighted by atomic mass is 9.44. The van der Waals surface area contributed by atoms with Crippen molar-refractivity contribution >= 4 is 52.9 Å². The van der Waals surface area contributed by atoms with Gasteiger partial charge in [0.2, 0.25) is 10.7 Å². The largest absolute Gasteiger partial charge is 0.490 e. The molecule has 41 heavy (non-hydrogen) atoms. The summed E-state index contributed by atoms with van der Waals surface area (Å²) in [5.41, 5.74) is -3.70. The maximum absolute atomic E-state index is 14.1. The van der Waals surface area contributed by atoms with Crippen LogP contribution in [0.25, 0.3) is 0 Å². The number of hydrogen-bond donors (Lipinski definition) is 1. The SMILES string of the molecule is C=C[C@]1(C)C[C@@H](OC(=O)NC(C)=O)[C@]2(C)C(C)CC[C@]3(C[C@H](OC(=O)C(Cl)Cl)C(=O)C32)[C@@H](C)[C@@H]1OC(=O)C(F)(F)F. The number of imide groups is 1. The van der Waals surface area contributed by atoms with Gasteiger partial charge in [-0.1, -0.05) is 57.0 Å². The topological polar surface area (TPSA) is 125 Å². The van der Waals surface area contributed by atoms with Crippen molar-refractivity contribution in [3.63, 3.8) is 0 Å². The lowest BCUT2D eigenvalue weighted by molar-refractivity contribution is -0.229. The molecule has 3 aliphatic rings. The van der Waals surface area contributed by atoms with Gasteiger partial charge in [0, 0.05) is 29.6 Å². The average Bonchev–Trinajstić information content (AvgIpc) is 3.14. The minimum atomic E-state index is -5.31. The average molecular weight is 628 g/mol. The van der Waals surface area contributed by atoms with Crippen LogP contribution in [0.15, 0.2) is 12.7 Å². The summed E-state index contributed by atoms with van der Waals surface area (Å²) in [6.45, 7) is 11.6. The van der Waals surface area contributed by atoms with E-state index in [1.54, 1.807) is 13.8 Å². The minimum Gasteiger partial charge on any atom is -0.454 e. The molecule has 1 N–H and O–H groups in total. The number of alkyl carbamates (subject to hydrolysis) is 1. The van der Waals surface area contributed by atoms with Crippen molar-refractivity contribution < 1.29 is 51.4 Å². The van der Waals surface area contributed by atoms with E-state index in [1.165, 1.54) is 13.0 Å². The van der Waals surface area contributed by atoms with Crippen LogP contribution in [0.2, 0.25) is 0 Å². The molecule has 9 atom stereocenters. The predicted molar refractivity (Wildman–Crippen MR) is 140 cm³/mol. The molecule has 0 aromatic heterocycles. The van der Waals surface area contributed by atoms with Crippen LogP contribution in [0.5, 0.6) is 0 Å². The summed E-state index contributed by atoms with van der Waals surface area (Å²) < 4.78 is 56.7. The zero-order chi connectivity index (χ0) is 31.3. The Bertz CT molecular complexity index is 1130. The molecule has 3 aliphatic carbocycles. The van der Waals surface area contributed by atoms with Gasteiger partial charge >= 0.3 is 24.2 Å². The smallest absolute Gasteiger partial charge is 0.454 e. The van der Waals surface area contributed by atoms with E-state index in [2.05, 4.69) is 6.58 Å². The number of Topliss-reactive ketones (excluding diaryl/α,β-unsaturated/α-hetero) is 1. The van der Waals surface area contributed by atoms with Gasteiger partial charge in [-0.25, -0.2) is 14.4 Å². The number of ketones is 1. The molecule has 0 spiro atoms. The van der Waals surface area contributed by atoms with Crippen molar-refractivity contribution in [2.24, 2.45) is 34.0 Å². The minimum absolute atomic E-state index is 0.105. The zero-order valence-electron chi connectivity index (χ0n) is 23.3. The number of alkyl halides is 5. The van der Waals surface area contributed by atoms with Crippen molar-refractivity contribution in [1.82, 2.24) is 5.32 Å². The molecule has 3 fully saturated rings. The van der Waals surface area contributed by atoms with Crippen LogP contribution >= 0.6 is 23.2 Å². The molecular weight excluding hydrogens is 594 g/mol. The Morgan fingerprint density at radius 2 is 1.71 bits per heavy atom. The van der Waals surface area contributed by atoms with Gasteiger partial charge in [-0.05, 0) is 37.0 Å². The predicted octanol–water partition coefficient (Wildman–Crippen LogP) is 5.06. The number of carbonyl (C=O) groups excluding carboxylic acids is 5. The van der Waals surface area contributed by atoms with Gasteiger partial charge in [-0.3, -0.25) is 14.9 Å². The maximum atomic E-state index is 14.1. The van der Waals surface area contributed by atoms with Gasteiger partial charge in [-0.15, -0.1) is 6.58 Å². The number of amides is 2. The summed E-state index contributed by atoms with van der Waals surface area (Å²) in [5, 5.41) is 2.02. The third kappa shape index (κ3) is 5.83. The van der Waals surface area contributed by atoms with Gasteiger partial charge in [0.05, 0.1) is 0 Å². The first-order chi connectivity index (χ1) is 18.7. The molecule has 2 bridgehead atoms. The van der Waals surface area contributed by atoms with E-state index in [9.17, 15) is 37.1 Å². The van der Waals surface area contributed by atoms with Crippen LogP contribution in [-0.4, -0.2) is 59.0 Å². The Morgan fingerprint density at radius 1 is 1.10 bits per heavy atom. The highest BCUT2D eigenvalue weighted by molar-refractivity contribution is 6.53. The van der Waals surface area contributed by atoms with E-state index in [0.29, 0.717) is 12.8 Å². The standard InChI is InChI=1S/C27H34Cl2F3NO8/c1-7-24(5)11-16(40-23(38)33-14(4)34)25(6)12(2)8-9-26(13(3)19(24)41-22(37)27(30,31)32)10-15(17(35)18(25)26)39-21(36)20(28)29/h7,12-13,15-16,18-20H,1,8-11H2,2-6H3,(H,33,34,38)/t12?,13-,15-,16+,18?,19-,24+,25-,26-/m0/s1. The van der Waals surface area contributed by atoms with E-state index in [4.69, 9.17) is 37.4 Å². The molecule has 2 amide bonds. The van der Waals surface area contributed by atoms with Gasteiger partial charge in [-0.2, -0.15) is 13.2 Å². The summed E-state index contributed by atoms with van der Waals surface area (Å²) in [6, 6.07) is 0. The van der Waals surface area contributed by atoms with Crippen LogP contribution in [0.1, 0.15) is 60.3 Å². The molecule has 230 valence electrons. The monoisotopic (exact) mass is 627 g/mol. The van der Waals surface area contributed by atoms with Crippen molar-refractivity contribution in [2.45, 2.75) is 89.6 Å². The molecule has 3 saturated carbocycles. The van der Waals surface area contributed by atoms with Crippen molar-refractivity contribution in [1.29, 1.82) is 0 Å². The number of nitrogens with one attached hydrogen (secondary N) is 1. The highest BCUT2D eigenvalue weighted by Gasteiger charge is 2.72. The van der Waals surface area contributed by atoms with Gasteiger partial charge in [0.15, 0.2) is 11.9 Å². The third-order valence-corrected chi connectivity index (χ3v) is 10.1. The van der Waals surface area contributed by atoms with Gasteiger partial charge in [0.1, 0.15) is 12.2 Å². The highest BCUT2D eigenvalue weighted by Crippen LogP contribution is 2.68. The fraction of sp³-hybridized carbons (Fsp3) is 0.741. The summed E-state index contributed by atoms with van der Waals surface area (Å²) in [6.07, 6.45) is -8.62. The molecule has 14 heteroatoms. The molecule has 0 heterocycles. The van der Waals surface area contributed by atoms with Crippen molar-refractivity contribution in [2.75, 3.05) is 0 Å². The molecule has 0 saturated heterocycles. The lowest BCUT2D eigenvalue weighted by Crippen LogP contribution is -2.64. The Kier molecular flexibility index (Phi) is 9.21. The first-order valence-corrected chi connectivity index (χ1v) is 14.0. The van der Waals surface area contributed by atoms with E-state index in [1.807, 2.05) is 12.2 Å². The number of ether oxygens (including phenoxy) is 3. The van der Waals surface area contributed by atoms with Crippen LogP contribution in [0.3, 0.4) is 0 Å². The number of halogens is 5. The molecule has 0 aromatic rings. The van der Waals surface area contributed by atoms with Crippen LogP contribution in [0, 0.1) is 34.0 Å². The third-order valence-electron chi connectivity index (χ3n) is 9.69. The molecular formula is C27H34Cl2F3NO8. The quantitative estimate of drug-likeness (QED) is 0.194. The van der Waals surface area contributed by atoms with Crippen LogP contribution < -0.4 is 5.32 Å². The first kappa shape index (κ1) is 33.2. The molecule has 0 aliphatic heterocycles. The summed E-state index contributed by atoms with van der Waals surface area (Å²) in [4.78, 5) is 61.4. The Hall–Kier alpha value is -2.34. The molecule has 9 nitrogen and oxygen atoms in total. The second-order valence-corrected chi connectivity index (χ2v) is 13.0. The van der Waals surface area contributed by atoms with E-state index >= 15 is 0 Å². The normalized spacial score (nSPS) is 38.7. The van der Waals surface area contributed by atoms with Crippen molar-refractivity contribution in [3.05, 3.63) is 12.7 Å². The molecule has 2 unspecified atom stereocenters. The number of hydrogen-bond acceptors (Lipinski definition) is 8. The zero-order valence-corrected chi connectivity index (χ0v) is 24.8. The number of esters is 2. The first-order valence-electron chi connectivity index (χ1n) is 13.2. The lowest BCUT2D eigenvalue weighted by Gasteiger charge is -2.61. The maximum Gasteiger partial charge on any atom is 0.490 e. The van der Waals surface area contributed by atoms with E-state index < -0.39 is 87.1 Å². The summed E-state index contributed by atoms with van der Waals surface area (Å²) in [5.74, 6) is -6.90. The molecule has 0 aromatic carbocycles. The molecule has 0 radical (unpaired) electrons. The summed E-state index contributed by atoms with van der Waals surface area (Å²) >= 11 is 11.3. The summed E-state index contributed by atoms with van der Waals surface area (Å²) in [7, 11) is 0. The highest BCUT2D eigenvalue weighted by atomic mass is 35.5. The second-order valence-electron chi connectivity index (χ2n) is 11.9. The molecule has 3 rings (SSSR count). The van der Waals surface area contributed by atoms with Crippen LogP contribution in [0.4, 0.5) is 18.0 Å². The fourth-order valence-corrected chi connectivity index (χ4v) is 7.56. The van der Waals surface area contributed by atoms with Crippen LogP contribution in [-0.2, 0) is 33.4 Å². The van der Waals surface area contributed by atoms with Crippen molar-refractivity contribution in [3.8, 4) is 0 Å². The Morgan fingerprint density at radius 3 is 2.22 bits per heavy atom. The second kappa shape index (κ2) is 11.4. The Balaban J connectivity index is 2.27. The van der Waals surface area contributed by atoms with E-state index in [0.717, 1.165) is 6.92 Å². The van der Waals surface area contributed by atoms with Gasteiger partial charge < -0.3 is 14.2 Å².